The number of aromatic carboxylic acids is 1. The van der Waals surface area contributed by atoms with Gasteiger partial charge in [-0.2, -0.15) is 0 Å². The largest absolute Gasteiger partial charge is 0.504 e. The van der Waals surface area contributed by atoms with Crippen LogP contribution in [0.3, 0.4) is 0 Å². The lowest BCUT2D eigenvalue weighted by molar-refractivity contribution is 0.0696. The molecular weight excluding hydrogens is 268 g/mol. The normalized spacial score (nSPS) is 10.4. The number of carboxylic acids is 1. The number of benzene rings is 1. The number of rotatable bonds is 2. The van der Waals surface area contributed by atoms with Gasteiger partial charge in [-0.05, 0) is 23.6 Å². The Morgan fingerprint density at radius 2 is 1.75 bits per heavy atom. The van der Waals surface area contributed by atoms with E-state index in [9.17, 15) is 24.9 Å². The third-order valence-corrected chi connectivity index (χ3v) is 2.80. The zero-order chi connectivity index (χ0) is 15.0. The number of hydrogen-bond donors (Lipinski definition) is 4. The zero-order valence-corrected chi connectivity index (χ0v) is 10.2. The molecule has 7 nitrogen and oxygen atoms in total. The maximum Gasteiger partial charge on any atom is 0.335 e. The van der Waals surface area contributed by atoms with Gasteiger partial charge in [-0.25, -0.2) is 4.79 Å². The summed E-state index contributed by atoms with van der Waals surface area (Å²) in [6.07, 6.45) is 0. The van der Waals surface area contributed by atoms with E-state index in [0.717, 1.165) is 12.1 Å². The Labute approximate surface area is 111 Å². The molecule has 104 valence electrons. The number of hydrogen-bond acceptors (Lipinski definition) is 6. The number of methoxy groups -OCH3 is 1. The summed E-state index contributed by atoms with van der Waals surface area (Å²) in [7, 11) is 1.23. The predicted octanol–water partition coefficient (Wildman–Crippen LogP) is 1.02. The average molecular weight is 278 g/mol. The molecular formula is C13H10O7. The predicted molar refractivity (Wildman–Crippen MR) is 68.7 cm³/mol. The standard InChI is InChI=1S/C13H10O7/c1-20-8-4-5-2-6(13(18)19)3-7(14)10(15)9(5)12(17)11(8)16/h2-4,16-17H,1H3,(H,14,15)(H,18,19). The van der Waals surface area contributed by atoms with Gasteiger partial charge in [0.05, 0.1) is 18.1 Å². The van der Waals surface area contributed by atoms with Crippen molar-refractivity contribution in [2.75, 3.05) is 7.11 Å². The number of phenolic OH excluding ortho intramolecular Hbond substituents is 2. The lowest BCUT2D eigenvalue weighted by atomic mass is 10.1. The molecule has 2 rings (SSSR count). The van der Waals surface area contributed by atoms with Crippen molar-refractivity contribution in [1.29, 1.82) is 0 Å². The van der Waals surface area contributed by atoms with Gasteiger partial charge in [-0.3, -0.25) is 4.79 Å². The number of carboxylic acid groups (broad SMARTS) is 1. The molecule has 2 aromatic rings. The molecule has 0 aromatic heterocycles. The molecule has 7 heteroatoms. The van der Waals surface area contributed by atoms with E-state index in [0.29, 0.717) is 0 Å². The molecule has 0 unspecified atom stereocenters. The lowest BCUT2D eigenvalue weighted by Crippen LogP contribution is -1.98. The van der Waals surface area contributed by atoms with E-state index in [2.05, 4.69) is 0 Å². The third-order valence-electron chi connectivity index (χ3n) is 2.80. The Morgan fingerprint density at radius 1 is 1.10 bits per heavy atom. The second kappa shape index (κ2) is 4.61. The first-order valence-electron chi connectivity index (χ1n) is 5.40. The first kappa shape index (κ1) is 13.5. The van der Waals surface area contributed by atoms with Gasteiger partial charge in [0, 0.05) is 0 Å². The van der Waals surface area contributed by atoms with Gasteiger partial charge in [0.15, 0.2) is 17.2 Å². The van der Waals surface area contributed by atoms with Crippen LogP contribution in [0.4, 0.5) is 0 Å². The molecule has 0 fully saturated rings. The maximum atomic E-state index is 11.9. The summed E-state index contributed by atoms with van der Waals surface area (Å²) in [6.45, 7) is 0. The van der Waals surface area contributed by atoms with Crippen molar-refractivity contribution in [2.45, 2.75) is 0 Å². The first-order valence-corrected chi connectivity index (χ1v) is 5.40. The minimum atomic E-state index is -1.36. The van der Waals surface area contributed by atoms with Crippen molar-refractivity contribution < 1.29 is 30.0 Å². The van der Waals surface area contributed by atoms with Crippen LogP contribution in [0.1, 0.15) is 10.4 Å². The second-order valence-corrected chi connectivity index (χ2v) is 4.00. The van der Waals surface area contributed by atoms with Gasteiger partial charge in [0.1, 0.15) is 0 Å². The number of fused-ring (bicyclic) bond motifs is 1. The summed E-state index contributed by atoms with van der Waals surface area (Å²) in [5.41, 5.74) is -1.34. The fraction of sp³-hybridized carbons (Fsp3) is 0.0769. The van der Waals surface area contributed by atoms with E-state index < -0.39 is 34.0 Å². The summed E-state index contributed by atoms with van der Waals surface area (Å²) < 4.78 is 4.81. The van der Waals surface area contributed by atoms with Crippen LogP contribution in [-0.2, 0) is 0 Å². The first-order chi connectivity index (χ1) is 9.36. The molecule has 0 aliphatic heterocycles. The third kappa shape index (κ3) is 1.95. The van der Waals surface area contributed by atoms with E-state index in [1.54, 1.807) is 0 Å². The Balaban J connectivity index is 3.09. The van der Waals surface area contributed by atoms with Gasteiger partial charge in [0.2, 0.25) is 11.2 Å². The van der Waals surface area contributed by atoms with E-state index in [4.69, 9.17) is 9.84 Å². The summed E-state index contributed by atoms with van der Waals surface area (Å²) >= 11 is 0. The number of phenols is 2. The minimum absolute atomic E-state index is 0.0138. The van der Waals surface area contributed by atoms with Gasteiger partial charge < -0.3 is 25.2 Å². The summed E-state index contributed by atoms with van der Waals surface area (Å²) in [5, 5.41) is 37.6. The van der Waals surface area contributed by atoms with Crippen LogP contribution in [0.15, 0.2) is 23.0 Å². The van der Waals surface area contributed by atoms with Gasteiger partial charge >= 0.3 is 5.97 Å². The van der Waals surface area contributed by atoms with Crippen LogP contribution in [0.25, 0.3) is 10.8 Å². The Hall–Kier alpha value is -2.96. The monoisotopic (exact) mass is 278 g/mol. The summed E-state index contributed by atoms with van der Waals surface area (Å²) in [6, 6.07) is 3.05. The van der Waals surface area contributed by atoms with Crippen LogP contribution in [-0.4, -0.2) is 33.5 Å². The van der Waals surface area contributed by atoms with Gasteiger partial charge in [0.25, 0.3) is 0 Å². The van der Waals surface area contributed by atoms with Crippen molar-refractivity contribution >= 4 is 16.7 Å². The molecule has 0 bridgehead atoms. The highest BCUT2D eigenvalue weighted by molar-refractivity contribution is 5.97. The van der Waals surface area contributed by atoms with Gasteiger partial charge in [-0.1, -0.05) is 0 Å². The Bertz CT molecular complexity index is 780. The van der Waals surface area contributed by atoms with Crippen LogP contribution in [0.2, 0.25) is 0 Å². The molecule has 0 heterocycles. The topological polar surface area (TPSA) is 124 Å². The molecule has 0 aliphatic carbocycles. The molecule has 0 saturated carbocycles. The fourth-order valence-electron chi connectivity index (χ4n) is 1.84. The number of aromatic hydroxyl groups is 3. The highest BCUT2D eigenvalue weighted by atomic mass is 16.5. The summed E-state index contributed by atoms with van der Waals surface area (Å²) in [4.78, 5) is 22.9. The molecule has 0 radical (unpaired) electrons. The second-order valence-electron chi connectivity index (χ2n) is 4.00. The highest BCUT2D eigenvalue weighted by Gasteiger charge is 2.17. The number of ether oxygens (including phenoxy) is 1. The average Bonchev–Trinajstić information content (AvgIpc) is 2.52. The summed E-state index contributed by atoms with van der Waals surface area (Å²) in [5.74, 6) is -3.79. The van der Waals surface area contributed by atoms with Crippen LogP contribution >= 0.6 is 0 Å². The lowest BCUT2D eigenvalue weighted by Gasteiger charge is -2.06. The van der Waals surface area contributed by atoms with Crippen molar-refractivity contribution in [2.24, 2.45) is 0 Å². The quantitative estimate of drug-likeness (QED) is 0.604. The molecule has 0 atom stereocenters. The van der Waals surface area contributed by atoms with Crippen molar-refractivity contribution in [1.82, 2.24) is 0 Å². The Kier molecular flexibility index (Phi) is 3.11. The molecule has 2 aromatic carbocycles. The molecule has 0 saturated heterocycles. The Morgan fingerprint density at radius 3 is 2.30 bits per heavy atom. The highest BCUT2D eigenvalue weighted by Crippen LogP contribution is 2.40. The minimum Gasteiger partial charge on any atom is -0.504 e. The van der Waals surface area contributed by atoms with Crippen LogP contribution in [0.5, 0.6) is 23.0 Å². The molecule has 20 heavy (non-hydrogen) atoms. The van der Waals surface area contributed by atoms with E-state index in [1.165, 1.54) is 13.2 Å². The smallest absolute Gasteiger partial charge is 0.335 e. The zero-order valence-electron chi connectivity index (χ0n) is 10.2. The molecule has 4 N–H and O–H groups in total. The molecule has 0 aliphatic rings. The molecule has 0 spiro atoms. The van der Waals surface area contributed by atoms with E-state index in [-0.39, 0.29) is 16.7 Å². The van der Waals surface area contributed by atoms with E-state index >= 15 is 0 Å². The number of carbonyl (C=O) groups is 1. The van der Waals surface area contributed by atoms with Crippen LogP contribution in [0, 0.1) is 0 Å². The van der Waals surface area contributed by atoms with Crippen molar-refractivity contribution in [3.8, 4) is 23.0 Å². The fourth-order valence-corrected chi connectivity index (χ4v) is 1.84. The van der Waals surface area contributed by atoms with Gasteiger partial charge in [-0.15, -0.1) is 0 Å². The van der Waals surface area contributed by atoms with Crippen molar-refractivity contribution in [3.05, 3.63) is 34.0 Å². The van der Waals surface area contributed by atoms with Crippen molar-refractivity contribution in [3.63, 3.8) is 0 Å². The van der Waals surface area contributed by atoms with E-state index in [1.807, 2.05) is 0 Å². The maximum absolute atomic E-state index is 11.9. The van der Waals surface area contributed by atoms with Crippen LogP contribution < -0.4 is 10.2 Å². The molecule has 0 amide bonds. The SMILES string of the molecule is COc1cc2cc(C(=O)O)cc(O)c(=O)c2c(O)c1O.